The van der Waals surface area contributed by atoms with Gasteiger partial charge in [-0.15, -0.1) is 0 Å². The molecule has 6 nitrogen and oxygen atoms in total. The molecule has 1 aromatic heterocycles. The first-order valence-electron chi connectivity index (χ1n) is 9.90. The first-order chi connectivity index (χ1) is 13.5. The number of nitrogens with zero attached hydrogens (tertiary/aromatic N) is 1. The number of rotatable bonds is 7. The second-order valence-electron chi connectivity index (χ2n) is 7.34. The lowest BCUT2D eigenvalue weighted by molar-refractivity contribution is 0.0938. The quantitative estimate of drug-likeness (QED) is 0.765. The molecule has 2 aromatic rings. The van der Waals surface area contributed by atoms with E-state index in [0.717, 1.165) is 44.3 Å². The number of hydrogen-bond donors (Lipinski definition) is 1. The molecule has 28 heavy (non-hydrogen) atoms. The van der Waals surface area contributed by atoms with E-state index in [0.29, 0.717) is 18.7 Å². The van der Waals surface area contributed by atoms with Gasteiger partial charge in [0.05, 0.1) is 11.2 Å². The molecule has 1 fully saturated rings. The number of sulfonamides is 1. The number of aryl methyl sites for hydroxylation is 1. The van der Waals surface area contributed by atoms with E-state index in [4.69, 9.17) is 4.42 Å². The van der Waals surface area contributed by atoms with Crippen LogP contribution < -0.4 is 5.32 Å². The molecule has 1 atom stereocenters. The van der Waals surface area contributed by atoms with E-state index in [1.54, 1.807) is 22.7 Å². The molecule has 1 aromatic carbocycles. The van der Waals surface area contributed by atoms with E-state index < -0.39 is 10.0 Å². The Bertz CT molecular complexity index is 852. The topological polar surface area (TPSA) is 79.6 Å². The molecule has 1 aliphatic rings. The van der Waals surface area contributed by atoms with Gasteiger partial charge in [0.25, 0.3) is 5.91 Å². The molecule has 1 amide bonds. The molecule has 1 N–H and O–H groups in total. The van der Waals surface area contributed by atoms with Crippen molar-refractivity contribution in [3.05, 3.63) is 54.0 Å². The molecule has 1 saturated heterocycles. The molecule has 0 unspecified atom stereocenters. The maximum absolute atomic E-state index is 12.8. The fourth-order valence-corrected chi connectivity index (χ4v) is 4.92. The van der Waals surface area contributed by atoms with Crippen molar-refractivity contribution >= 4 is 15.9 Å². The third-order valence-electron chi connectivity index (χ3n) is 5.10. The maximum Gasteiger partial charge on any atom is 0.251 e. The smallest absolute Gasteiger partial charge is 0.251 e. The highest BCUT2D eigenvalue weighted by Gasteiger charge is 2.25. The monoisotopic (exact) mass is 404 g/mol. The molecule has 0 radical (unpaired) electrons. The van der Waals surface area contributed by atoms with Gasteiger partial charge in [-0.25, -0.2) is 8.42 Å². The van der Waals surface area contributed by atoms with Crippen LogP contribution in [-0.2, 0) is 16.4 Å². The molecule has 0 spiro atoms. The predicted molar refractivity (Wildman–Crippen MR) is 108 cm³/mol. The summed E-state index contributed by atoms with van der Waals surface area (Å²) in [6.07, 6.45) is 7.10. The van der Waals surface area contributed by atoms with Crippen LogP contribution in [0.4, 0.5) is 0 Å². The summed E-state index contributed by atoms with van der Waals surface area (Å²) in [6, 6.07) is 9.97. The Balaban J connectivity index is 1.58. The van der Waals surface area contributed by atoms with E-state index in [-0.39, 0.29) is 16.8 Å². The van der Waals surface area contributed by atoms with Gasteiger partial charge in [0.1, 0.15) is 5.76 Å². The molecule has 7 heteroatoms. The van der Waals surface area contributed by atoms with Gasteiger partial charge in [-0.3, -0.25) is 4.79 Å². The van der Waals surface area contributed by atoms with Crippen molar-refractivity contribution in [2.24, 2.45) is 0 Å². The summed E-state index contributed by atoms with van der Waals surface area (Å²) in [6.45, 7) is 3.08. The molecule has 0 saturated carbocycles. The van der Waals surface area contributed by atoms with Gasteiger partial charge in [-0.05, 0) is 62.6 Å². The van der Waals surface area contributed by atoms with Crippen LogP contribution in [0.25, 0.3) is 0 Å². The molecule has 3 rings (SSSR count). The average molecular weight is 405 g/mol. The van der Waals surface area contributed by atoms with Crippen molar-refractivity contribution in [1.82, 2.24) is 9.62 Å². The zero-order valence-electron chi connectivity index (χ0n) is 16.3. The van der Waals surface area contributed by atoms with Crippen molar-refractivity contribution < 1.29 is 17.6 Å². The number of amides is 1. The second-order valence-corrected chi connectivity index (χ2v) is 9.27. The fourth-order valence-electron chi connectivity index (χ4n) is 3.40. The van der Waals surface area contributed by atoms with Crippen LogP contribution >= 0.6 is 0 Å². The highest BCUT2D eigenvalue weighted by atomic mass is 32.2. The first-order valence-corrected chi connectivity index (χ1v) is 11.3. The van der Waals surface area contributed by atoms with Crippen LogP contribution in [0.3, 0.4) is 0 Å². The van der Waals surface area contributed by atoms with E-state index in [1.165, 1.54) is 12.1 Å². The van der Waals surface area contributed by atoms with Gasteiger partial charge in [-0.1, -0.05) is 12.8 Å². The summed E-state index contributed by atoms with van der Waals surface area (Å²) in [4.78, 5) is 12.7. The van der Waals surface area contributed by atoms with Gasteiger partial charge < -0.3 is 9.73 Å². The van der Waals surface area contributed by atoms with E-state index in [2.05, 4.69) is 5.32 Å². The summed E-state index contributed by atoms with van der Waals surface area (Å²) in [5.41, 5.74) is 0.458. The Hall–Kier alpha value is -2.12. The molecule has 152 valence electrons. The highest BCUT2D eigenvalue weighted by molar-refractivity contribution is 7.89. The average Bonchev–Trinajstić information content (AvgIpc) is 3.06. The molecular formula is C21H28N2O4S. The van der Waals surface area contributed by atoms with E-state index >= 15 is 0 Å². The van der Waals surface area contributed by atoms with Gasteiger partial charge in [0, 0.05) is 31.1 Å². The zero-order valence-corrected chi connectivity index (χ0v) is 17.1. The van der Waals surface area contributed by atoms with Crippen LogP contribution in [0, 0.1) is 0 Å². The Morgan fingerprint density at radius 3 is 2.39 bits per heavy atom. The summed E-state index contributed by atoms with van der Waals surface area (Å²) >= 11 is 0. The Kier molecular flexibility index (Phi) is 6.91. The van der Waals surface area contributed by atoms with Crippen LogP contribution in [0.2, 0.25) is 0 Å². The zero-order chi connectivity index (χ0) is 20.0. The second kappa shape index (κ2) is 9.39. The minimum atomic E-state index is -3.49. The molecule has 0 aliphatic carbocycles. The predicted octanol–water partition coefficient (Wildman–Crippen LogP) is 3.60. The van der Waals surface area contributed by atoms with Crippen molar-refractivity contribution in [3.8, 4) is 0 Å². The Labute approximate surface area is 167 Å². The van der Waals surface area contributed by atoms with Gasteiger partial charge in [0.2, 0.25) is 10.0 Å². The number of benzene rings is 1. The van der Waals surface area contributed by atoms with Crippen molar-refractivity contribution in [2.45, 2.75) is 56.4 Å². The summed E-state index contributed by atoms with van der Waals surface area (Å²) in [7, 11) is -3.49. The van der Waals surface area contributed by atoms with Gasteiger partial charge in [0.15, 0.2) is 0 Å². The van der Waals surface area contributed by atoms with Crippen molar-refractivity contribution in [1.29, 1.82) is 0 Å². The third kappa shape index (κ3) is 5.23. The lowest BCUT2D eigenvalue weighted by atomic mass is 10.1. The summed E-state index contributed by atoms with van der Waals surface area (Å²) in [5.74, 6) is 0.690. The molecular weight excluding hydrogens is 376 g/mol. The van der Waals surface area contributed by atoms with E-state index in [1.807, 2.05) is 19.1 Å². The number of furan rings is 1. The Morgan fingerprint density at radius 1 is 1.11 bits per heavy atom. The first kappa shape index (κ1) is 20.6. The number of nitrogens with one attached hydrogen (secondary N) is 1. The number of carbonyl (C=O) groups excluding carboxylic acids is 1. The lowest BCUT2D eigenvalue weighted by Gasteiger charge is -2.20. The standard InChI is InChI=1S/C21H28N2O4S/c1-17(8-11-19-7-6-16-27-19)22-21(24)18-9-12-20(13-10-18)28(25,26)23-14-4-2-3-5-15-23/h6-7,9-10,12-13,16-17H,2-5,8,11,14-15H2,1H3,(H,22,24)/t17-/m0/s1. The number of carbonyl (C=O) groups is 1. The molecule has 2 heterocycles. The minimum Gasteiger partial charge on any atom is -0.469 e. The van der Waals surface area contributed by atoms with Crippen LogP contribution in [0.15, 0.2) is 52.0 Å². The largest absolute Gasteiger partial charge is 0.469 e. The fraction of sp³-hybridized carbons (Fsp3) is 0.476. The van der Waals surface area contributed by atoms with Gasteiger partial charge >= 0.3 is 0 Å². The van der Waals surface area contributed by atoms with Crippen LogP contribution in [0.1, 0.15) is 55.1 Å². The van der Waals surface area contributed by atoms with Crippen LogP contribution in [0.5, 0.6) is 0 Å². The summed E-state index contributed by atoms with van der Waals surface area (Å²) < 4.78 is 32.5. The highest BCUT2D eigenvalue weighted by Crippen LogP contribution is 2.20. The minimum absolute atomic E-state index is 0.0156. The van der Waals surface area contributed by atoms with Gasteiger partial charge in [-0.2, -0.15) is 4.31 Å². The maximum atomic E-state index is 12.8. The molecule has 1 aliphatic heterocycles. The Morgan fingerprint density at radius 2 is 1.79 bits per heavy atom. The third-order valence-corrected chi connectivity index (χ3v) is 7.01. The summed E-state index contributed by atoms with van der Waals surface area (Å²) in [5, 5.41) is 2.95. The van der Waals surface area contributed by atoms with Crippen molar-refractivity contribution in [3.63, 3.8) is 0 Å². The number of hydrogen-bond acceptors (Lipinski definition) is 4. The normalized spacial score (nSPS) is 17.0. The van der Waals surface area contributed by atoms with E-state index in [9.17, 15) is 13.2 Å². The van der Waals surface area contributed by atoms with Crippen LogP contribution in [-0.4, -0.2) is 37.8 Å². The lowest BCUT2D eigenvalue weighted by Crippen LogP contribution is -2.33. The molecule has 0 bridgehead atoms. The van der Waals surface area contributed by atoms with Crippen molar-refractivity contribution in [2.75, 3.05) is 13.1 Å². The SMILES string of the molecule is C[C@@H](CCc1ccco1)NC(=O)c1ccc(S(=O)(=O)N2CCCCCC2)cc1.